The zero-order chi connectivity index (χ0) is 20.2. The Labute approximate surface area is 167 Å². The molecule has 0 atom stereocenters. The number of urea groups is 1. The second kappa shape index (κ2) is 7.93. The third-order valence-electron chi connectivity index (χ3n) is 4.65. The van der Waals surface area contributed by atoms with Crippen molar-refractivity contribution in [2.24, 2.45) is 5.10 Å². The van der Waals surface area contributed by atoms with Gasteiger partial charge in [0.1, 0.15) is 0 Å². The second-order valence-electron chi connectivity index (χ2n) is 6.67. The van der Waals surface area contributed by atoms with Gasteiger partial charge in [-0.1, -0.05) is 60.7 Å². The summed E-state index contributed by atoms with van der Waals surface area (Å²) in [6.45, 7) is 0.338. The standard InChI is InChI=1S/C22H18N4O3/c27-22-23-20-9-5-4-8-19(20)21(14-16-10-12-18(13-11-16)26(28)29)24-25(22)15-17-6-2-1-3-7-17/h1-13H,14-15H2,(H,23,27). The van der Waals surface area contributed by atoms with E-state index in [1.807, 2.05) is 54.6 Å². The fraction of sp³-hybridized carbons (Fsp3) is 0.0909. The predicted octanol–water partition coefficient (Wildman–Crippen LogP) is 4.59. The summed E-state index contributed by atoms with van der Waals surface area (Å²) in [7, 11) is 0. The number of rotatable bonds is 5. The average molecular weight is 386 g/mol. The molecule has 0 aromatic heterocycles. The van der Waals surface area contributed by atoms with Crippen LogP contribution in [0, 0.1) is 10.1 Å². The number of benzene rings is 3. The van der Waals surface area contributed by atoms with Crippen LogP contribution in [0.3, 0.4) is 0 Å². The van der Waals surface area contributed by atoms with E-state index in [2.05, 4.69) is 10.4 Å². The lowest BCUT2D eigenvalue weighted by atomic mass is 10.0. The summed E-state index contributed by atoms with van der Waals surface area (Å²) in [5.74, 6) is 0. The van der Waals surface area contributed by atoms with Crippen molar-refractivity contribution in [2.75, 3.05) is 5.32 Å². The number of nitro groups is 1. The monoisotopic (exact) mass is 386 g/mol. The van der Waals surface area contributed by atoms with Crippen molar-refractivity contribution in [3.63, 3.8) is 0 Å². The number of nitrogens with one attached hydrogen (secondary N) is 1. The molecular formula is C22H18N4O3. The van der Waals surface area contributed by atoms with E-state index in [-0.39, 0.29) is 11.7 Å². The van der Waals surface area contributed by atoms with E-state index in [4.69, 9.17) is 0 Å². The van der Waals surface area contributed by atoms with Crippen LogP contribution < -0.4 is 5.32 Å². The summed E-state index contributed by atoms with van der Waals surface area (Å²) in [5.41, 5.74) is 4.11. The van der Waals surface area contributed by atoms with Crippen LogP contribution >= 0.6 is 0 Å². The lowest BCUT2D eigenvalue weighted by Crippen LogP contribution is -2.29. The fourth-order valence-corrected chi connectivity index (χ4v) is 3.19. The maximum Gasteiger partial charge on any atom is 0.342 e. The van der Waals surface area contributed by atoms with Crippen LogP contribution in [0.1, 0.15) is 16.7 Å². The molecule has 0 spiro atoms. The summed E-state index contributed by atoms with van der Waals surface area (Å²) in [4.78, 5) is 23.2. The van der Waals surface area contributed by atoms with Gasteiger partial charge in [0, 0.05) is 24.1 Å². The lowest BCUT2D eigenvalue weighted by molar-refractivity contribution is -0.384. The molecule has 0 unspecified atom stereocenters. The van der Waals surface area contributed by atoms with Crippen LogP contribution in [-0.4, -0.2) is 21.7 Å². The van der Waals surface area contributed by atoms with Crippen LogP contribution in [-0.2, 0) is 13.0 Å². The first-order chi connectivity index (χ1) is 14.1. The number of hydrazone groups is 1. The number of hydrogen-bond acceptors (Lipinski definition) is 4. The average Bonchev–Trinajstić information content (AvgIpc) is 2.86. The molecule has 7 heteroatoms. The highest BCUT2D eigenvalue weighted by atomic mass is 16.6. The van der Waals surface area contributed by atoms with Crippen molar-refractivity contribution in [1.82, 2.24) is 5.01 Å². The van der Waals surface area contributed by atoms with Crippen molar-refractivity contribution < 1.29 is 9.72 Å². The summed E-state index contributed by atoms with van der Waals surface area (Å²) in [6, 6.07) is 23.2. The van der Waals surface area contributed by atoms with Gasteiger partial charge in [0.15, 0.2) is 0 Å². The summed E-state index contributed by atoms with van der Waals surface area (Å²) in [6.07, 6.45) is 0.440. The Morgan fingerprint density at radius 3 is 2.31 bits per heavy atom. The summed E-state index contributed by atoms with van der Waals surface area (Å²) >= 11 is 0. The van der Waals surface area contributed by atoms with Gasteiger partial charge in [-0.3, -0.25) is 10.1 Å². The number of carbonyl (C=O) groups is 1. The number of amides is 2. The topological polar surface area (TPSA) is 87.8 Å². The van der Waals surface area contributed by atoms with E-state index in [1.165, 1.54) is 17.1 Å². The third-order valence-corrected chi connectivity index (χ3v) is 4.65. The molecule has 0 radical (unpaired) electrons. The molecule has 1 aliphatic heterocycles. The van der Waals surface area contributed by atoms with Gasteiger partial charge >= 0.3 is 6.03 Å². The largest absolute Gasteiger partial charge is 0.342 e. The van der Waals surface area contributed by atoms with E-state index >= 15 is 0 Å². The minimum Gasteiger partial charge on any atom is -0.306 e. The Morgan fingerprint density at radius 2 is 1.59 bits per heavy atom. The van der Waals surface area contributed by atoms with Crippen molar-refractivity contribution in [3.05, 3.63) is 106 Å². The lowest BCUT2D eigenvalue weighted by Gasteiger charge is -2.16. The molecule has 1 N–H and O–H groups in total. The third kappa shape index (κ3) is 4.14. The first-order valence-corrected chi connectivity index (χ1v) is 9.13. The molecule has 1 heterocycles. The summed E-state index contributed by atoms with van der Waals surface area (Å²) in [5, 5.41) is 19.9. The Morgan fingerprint density at radius 1 is 0.897 bits per heavy atom. The summed E-state index contributed by atoms with van der Waals surface area (Å²) < 4.78 is 0. The number of nitrogens with zero attached hydrogens (tertiary/aromatic N) is 3. The highest BCUT2D eigenvalue weighted by Gasteiger charge is 2.22. The number of hydrogen-bond donors (Lipinski definition) is 1. The molecule has 3 aromatic rings. The van der Waals surface area contributed by atoms with Gasteiger partial charge in [-0.2, -0.15) is 5.10 Å². The van der Waals surface area contributed by atoms with Crippen molar-refractivity contribution in [1.29, 1.82) is 0 Å². The highest BCUT2D eigenvalue weighted by Crippen LogP contribution is 2.24. The van der Waals surface area contributed by atoms with E-state index in [1.54, 1.807) is 12.1 Å². The van der Waals surface area contributed by atoms with Crippen molar-refractivity contribution >= 4 is 23.1 Å². The van der Waals surface area contributed by atoms with Gasteiger partial charge < -0.3 is 5.32 Å². The first-order valence-electron chi connectivity index (χ1n) is 9.13. The molecule has 7 nitrogen and oxygen atoms in total. The zero-order valence-corrected chi connectivity index (χ0v) is 15.5. The molecule has 1 aliphatic rings. The van der Waals surface area contributed by atoms with Crippen LogP contribution in [0.2, 0.25) is 0 Å². The van der Waals surface area contributed by atoms with Crippen LogP contribution in [0.5, 0.6) is 0 Å². The quantitative estimate of drug-likeness (QED) is 0.514. The SMILES string of the molecule is O=C1Nc2ccccc2C(Cc2ccc([N+](=O)[O-])cc2)=NN1Cc1ccccc1. The molecule has 0 aliphatic carbocycles. The van der Waals surface area contributed by atoms with Crippen LogP contribution in [0.15, 0.2) is 84.0 Å². The predicted molar refractivity (Wildman–Crippen MR) is 111 cm³/mol. The fourth-order valence-electron chi connectivity index (χ4n) is 3.19. The van der Waals surface area contributed by atoms with Gasteiger partial charge in [-0.05, 0) is 17.2 Å². The van der Waals surface area contributed by atoms with Gasteiger partial charge in [-0.25, -0.2) is 9.80 Å². The molecule has 0 saturated carbocycles. The molecule has 2 amide bonds. The molecule has 3 aromatic carbocycles. The van der Waals surface area contributed by atoms with E-state index < -0.39 is 4.92 Å². The minimum absolute atomic E-state index is 0.0412. The number of nitro benzene ring substituents is 1. The molecule has 144 valence electrons. The van der Waals surface area contributed by atoms with Gasteiger partial charge in [-0.15, -0.1) is 0 Å². The first kappa shape index (κ1) is 18.4. The van der Waals surface area contributed by atoms with Crippen molar-refractivity contribution in [3.8, 4) is 0 Å². The number of carbonyl (C=O) groups excluding carboxylic acids is 1. The normalized spacial score (nSPS) is 13.2. The molecule has 0 bridgehead atoms. The molecule has 0 saturated heterocycles. The second-order valence-corrected chi connectivity index (χ2v) is 6.67. The molecule has 29 heavy (non-hydrogen) atoms. The number of anilines is 1. The van der Waals surface area contributed by atoms with Crippen molar-refractivity contribution in [2.45, 2.75) is 13.0 Å². The maximum atomic E-state index is 12.7. The smallest absolute Gasteiger partial charge is 0.306 e. The Kier molecular flexibility index (Phi) is 5.03. The highest BCUT2D eigenvalue weighted by molar-refractivity contribution is 6.10. The van der Waals surface area contributed by atoms with Gasteiger partial charge in [0.25, 0.3) is 5.69 Å². The Hall–Kier alpha value is -4.00. The zero-order valence-electron chi connectivity index (χ0n) is 15.5. The maximum absolute atomic E-state index is 12.7. The number of non-ortho nitro benzene ring substituents is 1. The molecule has 0 fully saturated rings. The number of para-hydroxylation sites is 1. The van der Waals surface area contributed by atoms with Gasteiger partial charge in [0.05, 0.1) is 22.9 Å². The van der Waals surface area contributed by atoms with Gasteiger partial charge in [0.2, 0.25) is 0 Å². The number of fused-ring (bicyclic) bond motifs is 1. The van der Waals surface area contributed by atoms with E-state index in [0.717, 1.165) is 16.7 Å². The van der Waals surface area contributed by atoms with E-state index in [0.29, 0.717) is 24.4 Å². The Balaban J connectivity index is 1.69. The Bertz CT molecular complexity index is 1080. The van der Waals surface area contributed by atoms with E-state index in [9.17, 15) is 14.9 Å². The molecular weight excluding hydrogens is 368 g/mol. The minimum atomic E-state index is -0.424. The van der Waals surface area contributed by atoms with Crippen LogP contribution in [0.25, 0.3) is 0 Å². The molecule has 4 rings (SSSR count). The van der Waals surface area contributed by atoms with Crippen LogP contribution in [0.4, 0.5) is 16.2 Å².